The number of oxime groups is 1. The van der Waals surface area contributed by atoms with E-state index < -0.39 is 0 Å². The first-order chi connectivity index (χ1) is 10.7. The molecule has 0 radical (unpaired) electrons. The minimum Gasteiger partial charge on any atom is -0.390 e. The van der Waals surface area contributed by atoms with E-state index in [1.807, 2.05) is 37.5 Å². The summed E-state index contributed by atoms with van der Waals surface area (Å²) >= 11 is 0. The molecule has 1 aromatic heterocycles. The Hall–Kier alpha value is -2.14. The lowest BCUT2D eigenvalue weighted by Gasteiger charge is -2.20. The molecule has 0 spiro atoms. The molecule has 0 aliphatic carbocycles. The SMILES string of the molecule is Cc1nccn1CCN(C)C[C@H]1CC(c2ccccc2)=NO1. The number of hydrogen-bond acceptors (Lipinski definition) is 4. The highest BCUT2D eigenvalue weighted by Gasteiger charge is 2.23. The molecule has 3 rings (SSSR count). The Morgan fingerprint density at radius 1 is 1.32 bits per heavy atom. The second-order valence-corrected chi connectivity index (χ2v) is 5.77. The van der Waals surface area contributed by atoms with Gasteiger partial charge in [0.1, 0.15) is 11.9 Å². The van der Waals surface area contributed by atoms with Crippen LogP contribution in [0.3, 0.4) is 0 Å². The third kappa shape index (κ3) is 3.54. The Kier molecular flexibility index (Phi) is 4.53. The Balaban J connectivity index is 1.46. The van der Waals surface area contributed by atoms with Crippen LogP contribution in [0.25, 0.3) is 0 Å². The van der Waals surface area contributed by atoms with E-state index in [0.717, 1.165) is 43.2 Å². The molecule has 5 nitrogen and oxygen atoms in total. The van der Waals surface area contributed by atoms with Gasteiger partial charge in [0.05, 0.1) is 5.71 Å². The van der Waals surface area contributed by atoms with Crippen LogP contribution in [0.2, 0.25) is 0 Å². The van der Waals surface area contributed by atoms with Crippen LogP contribution in [0.5, 0.6) is 0 Å². The number of hydrogen-bond donors (Lipinski definition) is 0. The fraction of sp³-hybridized carbons (Fsp3) is 0.412. The fourth-order valence-corrected chi connectivity index (χ4v) is 2.68. The van der Waals surface area contributed by atoms with Gasteiger partial charge in [0.25, 0.3) is 0 Å². The van der Waals surface area contributed by atoms with Crippen LogP contribution >= 0.6 is 0 Å². The summed E-state index contributed by atoms with van der Waals surface area (Å²) in [6, 6.07) is 10.2. The van der Waals surface area contributed by atoms with Gasteiger partial charge in [0.15, 0.2) is 0 Å². The van der Waals surface area contributed by atoms with Crippen LogP contribution in [0.4, 0.5) is 0 Å². The summed E-state index contributed by atoms with van der Waals surface area (Å²) < 4.78 is 2.16. The van der Waals surface area contributed by atoms with Crippen molar-refractivity contribution in [3.05, 3.63) is 54.1 Å². The van der Waals surface area contributed by atoms with Gasteiger partial charge < -0.3 is 14.3 Å². The number of rotatable bonds is 6. The quantitative estimate of drug-likeness (QED) is 0.822. The Labute approximate surface area is 131 Å². The Morgan fingerprint density at radius 3 is 2.86 bits per heavy atom. The van der Waals surface area contributed by atoms with Crippen molar-refractivity contribution in [1.82, 2.24) is 14.5 Å². The van der Waals surface area contributed by atoms with Crippen LogP contribution in [0, 0.1) is 6.92 Å². The summed E-state index contributed by atoms with van der Waals surface area (Å²) in [6.07, 6.45) is 4.88. The number of aromatic nitrogens is 2. The van der Waals surface area contributed by atoms with Gasteiger partial charge in [-0.25, -0.2) is 4.98 Å². The minimum absolute atomic E-state index is 0.143. The zero-order chi connectivity index (χ0) is 15.4. The molecule has 0 unspecified atom stereocenters. The van der Waals surface area contributed by atoms with Gasteiger partial charge in [0.2, 0.25) is 0 Å². The first-order valence-electron chi connectivity index (χ1n) is 7.67. The molecule has 1 aromatic carbocycles. The van der Waals surface area contributed by atoms with Gasteiger partial charge in [-0.2, -0.15) is 0 Å². The summed E-state index contributed by atoms with van der Waals surface area (Å²) in [5.41, 5.74) is 2.20. The zero-order valence-electron chi connectivity index (χ0n) is 13.1. The van der Waals surface area contributed by atoms with Crippen LogP contribution in [-0.2, 0) is 11.4 Å². The minimum atomic E-state index is 0.143. The number of aryl methyl sites for hydroxylation is 1. The molecule has 0 saturated carbocycles. The monoisotopic (exact) mass is 298 g/mol. The van der Waals surface area contributed by atoms with E-state index in [9.17, 15) is 0 Å². The molecule has 22 heavy (non-hydrogen) atoms. The predicted octanol–water partition coefficient (Wildman–Crippen LogP) is 2.32. The van der Waals surface area contributed by atoms with Gasteiger partial charge in [-0.05, 0) is 19.5 Å². The number of likely N-dealkylation sites (N-methyl/N-ethyl adjacent to an activating group) is 1. The molecule has 0 amide bonds. The standard InChI is InChI=1S/C17H22N4O/c1-14-18-8-9-21(14)11-10-20(2)13-16-12-17(19-22-16)15-6-4-3-5-7-15/h3-9,16H,10-13H2,1-2H3/t16-/m1/s1. The molecule has 0 N–H and O–H groups in total. The topological polar surface area (TPSA) is 42.7 Å². The summed E-state index contributed by atoms with van der Waals surface area (Å²) in [7, 11) is 2.12. The smallest absolute Gasteiger partial charge is 0.145 e. The van der Waals surface area contributed by atoms with E-state index >= 15 is 0 Å². The van der Waals surface area contributed by atoms with Crippen molar-refractivity contribution in [2.45, 2.75) is 26.0 Å². The lowest BCUT2D eigenvalue weighted by atomic mass is 10.1. The predicted molar refractivity (Wildman–Crippen MR) is 86.9 cm³/mol. The Bertz CT molecular complexity index is 635. The third-order valence-electron chi connectivity index (χ3n) is 4.00. The van der Waals surface area contributed by atoms with Crippen molar-refractivity contribution in [2.75, 3.05) is 20.1 Å². The number of nitrogens with zero attached hydrogens (tertiary/aromatic N) is 4. The van der Waals surface area contributed by atoms with E-state index in [-0.39, 0.29) is 6.10 Å². The average Bonchev–Trinajstić information content (AvgIpc) is 3.15. The molecule has 116 valence electrons. The fourth-order valence-electron chi connectivity index (χ4n) is 2.68. The van der Waals surface area contributed by atoms with E-state index in [4.69, 9.17) is 4.84 Å². The molecular formula is C17H22N4O. The zero-order valence-corrected chi connectivity index (χ0v) is 13.1. The van der Waals surface area contributed by atoms with Gasteiger partial charge in [-0.3, -0.25) is 0 Å². The van der Waals surface area contributed by atoms with Gasteiger partial charge in [-0.15, -0.1) is 0 Å². The van der Waals surface area contributed by atoms with Crippen molar-refractivity contribution < 1.29 is 4.84 Å². The molecule has 1 aliphatic heterocycles. The first-order valence-corrected chi connectivity index (χ1v) is 7.67. The van der Waals surface area contributed by atoms with Crippen molar-refractivity contribution in [3.8, 4) is 0 Å². The van der Waals surface area contributed by atoms with Crippen molar-refractivity contribution >= 4 is 5.71 Å². The molecule has 2 aromatic rings. The largest absolute Gasteiger partial charge is 0.390 e. The van der Waals surface area contributed by atoms with Gasteiger partial charge in [0, 0.05) is 38.4 Å². The van der Waals surface area contributed by atoms with E-state index in [1.165, 1.54) is 0 Å². The summed E-state index contributed by atoms with van der Waals surface area (Å²) in [6.45, 7) is 4.83. The lowest BCUT2D eigenvalue weighted by molar-refractivity contribution is 0.0586. The maximum atomic E-state index is 5.58. The van der Waals surface area contributed by atoms with Crippen LogP contribution in [0.15, 0.2) is 47.9 Å². The van der Waals surface area contributed by atoms with Gasteiger partial charge >= 0.3 is 0 Å². The van der Waals surface area contributed by atoms with Crippen LogP contribution in [-0.4, -0.2) is 46.4 Å². The van der Waals surface area contributed by atoms with Crippen LogP contribution in [0.1, 0.15) is 17.8 Å². The molecule has 1 atom stereocenters. The van der Waals surface area contributed by atoms with E-state index in [2.05, 4.69) is 38.8 Å². The number of imidazole rings is 1. The second kappa shape index (κ2) is 6.75. The lowest BCUT2D eigenvalue weighted by Crippen LogP contribution is -2.32. The highest BCUT2D eigenvalue weighted by molar-refractivity contribution is 6.01. The normalized spacial score (nSPS) is 17.6. The maximum Gasteiger partial charge on any atom is 0.145 e. The molecule has 5 heteroatoms. The van der Waals surface area contributed by atoms with E-state index in [1.54, 1.807) is 0 Å². The van der Waals surface area contributed by atoms with Gasteiger partial charge in [-0.1, -0.05) is 35.5 Å². The number of benzene rings is 1. The first kappa shape index (κ1) is 14.8. The van der Waals surface area contributed by atoms with Crippen molar-refractivity contribution in [3.63, 3.8) is 0 Å². The molecule has 1 aliphatic rings. The molecule has 0 saturated heterocycles. The second-order valence-electron chi connectivity index (χ2n) is 5.77. The Morgan fingerprint density at radius 2 is 2.14 bits per heavy atom. The van der Waals surface area contributed by atoms with Crippen LogP contribution < -0.4 is 0 Å². The van der Waals surface area contributed by atoms with Crippen molar-refractivity contribution in [1.29, 1.82) is 0 Å². The maximum absolute atomic E-state index is 5.58. The molecule has 2 heterocycles. The van der Waals surface area contributed by atoms with Crippen molar-refractivity contribution in [2.24, 2.45) is 5.16 Å². The highest BCUT2D eigenvalue weighted by atomic mass is 16.6. The molecule has 0 fully saturated rings. The summed E-state index contributed by atoms with van der Waals surface area (Å²) in [4.78, 5) is 12.1. The summed E-state index contributed by atoms with van der Waals surface area (Å²) in [5.74, 6) is 1.06. The average molecular weight is 298 g/mol. The molecular weight excluding hydrogens is 276 g/mol. The third-order valence-corrected chi connectivity index (χ3v) is 4.00. The molecule has 0 bridgehead atoms. The van der Waals surface area contributed by atoms with E-state index in [0.29, 0.717) is 0 Å². The highest BCUT2D eigenvalue weighted by Crippen LogP contribution is 2.17. The summed E-state index contributed by atoms with van der Waals surface area (Å²) in [5, 5.41) is 4.24.